The number of rotatable bonds is 4. The Morgan fingerprint density at radius 1 is 1.15 bits per heavy atom. The van der Waals surface area contributed by atoms with Gasteiger partial charge in [-0.3, -0.25) is 4.79 Å². The molecule has 4 heteroatoms. The van der Waals surface area contributed by atoms with Crippen LogP contribution in [-0.4, -0.2) is 11.7 Å². The van der Waals surface area contributed by atoms with Crippen LogP contribution < -0.4 is 11.1 Å². The van der Waals surface area contributed by atoms with Crippen LogP contribution in [0.2, 0.25) is 0 Å². The summed E-state index contributed by atoms with van der Waals surface area (Å²) in [5.41, 5.74) is 9.64. The monoisotopic (exact) mass is 286 g/mol. The van der Waals surface area contributed by atoms with Crippen molar-refractivity contribution in [2.45, 2.75) is 18.7 Å². The second-order valence-corrected chi connectivity index (χ2v) is 5.69. The molecule has 0 unspecified atom stereocenters. The zero-order chi connectivity index (χ0) is 14.5. The van der Waals surface area contributed by atoms with Crippen molar-refractivity contribution in [2.24, 2.45) is 0 Å². The predicted octanol–water partition coefficient (Wildman–Crippen LogP) is 3.62. The highest BCUT2D eigenvalue weighted by Crippen LogP contribution is 2.26. The number of amides is 1. The number of benzene rings is 2. The number of hydrogen-bond acceptors (Lipinski definition) is 3. The number of hydrogen-bond donors (Lipinski definition) is 2. The van der Waals surface area contributed by atoms with Gasteiger partial charge in [0, 0.05) is 16.3 Å². The highest BCUT2D eigenvalue weighted by molar-refractivity contribution is 8.00. The summed E-state index contributed by atoms with van der Waals surface area (Å²) in [6.07, 6.45) is 0. The number of carbonyl (C=O) groups is 1. The van der Waals surface area contributed by atoms with Gasteiger partial charge in [0.2, 0.25) is 5.91 Å². The molecule has 3 N–H and O–H groups in total. The molecule has 0 aromatic heterocycles. The van der Waals surface area contributed by atoms with Crippen molar-refractivity contribution >= 4 is 29.0 Å². The van der Waals surface area contributed by atoms with E-state index in [0.29, 0.717) is 5.75 Å². The first kappa shape index (κ1) is 14.5. The molecule has 0 saturated carbocycles. The summed E-state index contributed by atoms with van der Waals surface area (Å²) in [6, 6.07) is 13.5. The quantitative estimate of drug-likeness (QED) is 0.667. The van der Waals surface area contributed by atoms with Gasteiger partial charge in [-0.05, 0) is 43.7 Å². The maximum Gasteiger partial charge on any atom is 0.234 e. The highest BCUT2D eigenvalue weighted by atomic mass is 32.2. The lowest BCUT2D eigenvalue weighted by atomic mass is 10.2. The topological polar surface area (TPSA) is 55.1 Å². The number of carbonyl (C=O) groups excluding carboxylic acids is 1. The van der Waals surface area contributed by atoms with Crippen molar-refractivity contribution in [2.75, 3.05) is 16.8 Å². The fourth-order valence-electron chi connectivity index (χ4n) is 1.77. The molecule has 0 heterocycles. The molecule has 0 spiro atoms. The van der Waals surface area contributed by atoms with E-state index in [1.165, 1.54) is 17.3 Å². The maximum absolute atomic E-state index is 11.9. The van der Waals surface area contributed by atoms with Crippen LogP contribution in [0.4, 0.5) is 11.4 Å². The van der Waals surface area contributed by atoms with Crippen LogP contribution in [0.3, 0.4) is 0 Å². The number of nitrogen functional groups attached to an aromatic ring is 1. The molecule has 0 aliphatic carbocycles. The summed E-state index contributed by atoms with van der Waals surface area (Å²) in [7, 11) is 0. The molecule has 1 amide bonds. The first-order valence-electron chi connectivity index (χ1n) is 6.40. The van der Waals surface area contributed by atoms with Crippen LogP contribution >= 0.6 is 11.8 Å². The number of nitrogens with one attached hydrogen (secondary N) is 1. The molecular formula is C16H18N2OS. The summed E-state index contributed by atoms with van der Waals surface area (Å²) < 4.78 is 0. The Hall–Kier alpha value is -1.94. The Bertz CT molecular complexity index is 608. The van der Waals surface area contributed by atoms with Gasteiger partial charge < -0.3 is 11.1 Å². The van der Waals surface area contributed by atoms with Gasteiger partial charge in [-0.1, -0.05) is 23.8 Å². The average Bonchev–Trinajstić information content (AvgIpc) is 2.43. The maximum atomic E-state index is 11.9. The molecular weight excluding hydrogens is 268 g/mol. The van der Waals surface area contributed by atoms with Gasteiger partial charge in [-0.15, -0.1) is 11.8 Å². The lowest BCUT2D eigenvalue weighted by molar-refractivity contribution is -0.113. The van der Waals surface area contributed by atoms with Gasteiger partial charge in [-0.2, -0.15) is 0 Å². The van der Waals surface area contributed by atoms with Crippen molar-refractivity contribution < 1.29 is 4.79 Å². The van der Waals surface area contributed by atoms with Gasteiger partial charge in [0.25, 0.3) is 0 Å². The van der Waals surface area contributed by atoms with Crippen LogP contribution in [0, 0.1) is 13.8 Å². The van der Waals surface area contributed by atoms with Crippen LogP contribution in [0.15, 0.2) is 47.4 Å². The van der Waals surface area contributed by atoms with E-state index in [2.05, 4.69) is 5.32 Å². The van der Waals surface area contributed by atoms with Gasteiger partial charge in [-0.25, -0.2) is 0 Å². The van der Waals surface area contributed by atoms with E-state index < -0.39 is 0 Å². The minimum absolute atomic E-state index is 0.0133. The largest absolute Gasteiger partial charge is 0.398 e. The smallest absolute Gasteiger partial charge is 0.234 e. The molecule has 20 heavy (non-hydrogen) atoms. The van der Waals surface area contributed by atoms with Crippen LogP contribution in [0.1, 0.15) is 11.1 Å². The van der Waals surface area contributed by atoms with Crippen molar-refractivity contribution in [1.29, 1.82) is 0 Å². The summed E-state index contributed by atoms with van der Waals surface area (Å²) in [5.74, 6) is 0.360. The van der Waals surface area contributed by atoms with Gasteiger partial charge in [0.1, 0.15) is 0 Å². The Morgan fingerprint density at radius 3 is 2.55 bits per heavy atom. The third kappa shape index (κ3) is 3.78. The number of thioether (sulfide) groups is 1. The fourth-order valence-corrected chi connectivity index (χ4v) is 2.63. The van der Waals surface area contributed by atoms with Crippen molar-refractivity contribution in [1.82, 2.24) is 0 Å². The fraction of sp³-hybridized carbons (Fsp3) is 0.188. The van der Waals surface area contributed by atoms with E-state index in [9.17, 15) is 4.79 Å². The molecule has 0 aliphatic rings. The molecule has 104 valence electrons. The zero-order valence-corrected chi connectivity index (χ0v) is 12.5. The molecule has 3 nitrogen and oxygen atoms in total. The van der Waals surface area contributed by atoms with E-state index in [1.54, 1.807) is 0 Å². The first-order valence-corrected chi connectivity index (χ1v) is 7.39. The minimum atomic E-state index is -0.0133. The van der Waals surface area contributed by atoms with Crippen LogP contribution in [0.5, 0.6) is 0 Å². The summed E-state index contributed by atoms with van der Waals surface area (Å²) >= 11 is 1.50. The lowest BCUT2D eigenvalue weighted by Gasteiger charge is -2.08. The number of aryl methyl sites for hydroxylation is 1. The summed E-state index contributed by atoms with van der Waals surface area (Å²) in [6.45, 7) is 3.99. The average molecular weight is 286 g/mol. The molecule has 0 saturated heterocycles. The molecule has 2 rings (SSSR count). The second kappa shape index (κ2) is 6.48. The molecule has 0 bridgehead atoms. The van der Waals surface area contributed by atoms with E-state index in [0.717, 1.165) is 21.8 Å². The van der Waals surface area contributed by atoms with E-state index in [4.69, 9.17) is 5.73 Å². The molecule has 0 atom stereocenters. The van der Waals surface area contributed by atoms with Crippen molar-refractivity contribution in [3.05, 3.63) is 53.6 Å². The molecule has 0 fully saturated rings. The Labute approximate surface area is 123 Å². The Balaban J connectivity index is 1.92. The van der Waals surface area contributed by atoms with Crippen LogP contribution in [0.25, 0.3) is 0 Å². The first-order chi connectivity index (χ1) is 9.56. The van der Waals surface area contributed by atoms with Gasteiger partial charge in [0.05, 0.1) is 5.75 Å². The lowest BCUT2D eigenvalue weighted by Crippen LogP contribution is -2.14. The summed E-state index contributed by atoms with van der Waals surface area (Å²) in [5, 5.41) is 2.88. The molecule has 2 aromatic carbocycles. The Kier molecular flexibility index (Phi) is 4.69. The number of anilines is 2. The Morgan fingerprint density at radius 2 is 1.85 bits per heavy atom. The normalized spacial score (nSPS) is 10.3. The van der Waals surface area contributed by atoms with E-state index >= 15 is 0 Å². The zero-order valence-electron chi connectivity index (χ0n) is 11.6. The standard InChI is InChI=1S/C16H18N2OS/c1-11-6-8-13(9-7-11)18-16(19)10-20-15-5-3-4-14(17)12(15)2/h3-9H,10,17H2,1-2H3,(H,18,19). The van der Waals surface area contributed by atoms with Gasteiger partial charge >= 0.3 is 0 Å². The predicted molar refractivity (Wildman–Crippen MR) is 86.1 cm³/mol. The molecule has 0 radical (unpaired) electrons. The SMILES string of the molecule is Cc1ccc(NC(=O)CSc2cccc(N)c2C)cc1. The van der Waals surface area contributed by atoms with Crippen LogP contribution in [-0.2, 0) is 4.79 Å². The molecule has 0 aliphatic heterocycles. The second-order valence-electron chi connectivity index (χ2n) is 4.67. The van der Waals surface area contributed by atoms with E-state index in [1.807, 2.05) is 56.3 Å². The van der Waals surface area contributed by atoms with E-state index in [-0.39, 0.29) is 5.91 Å². The minimum Gasteiger partial charge on any atom is -0.398 e. The third-order valence-electron chi connectivity index (χ3n) is 3.02. The third-order valence-corrected chi connectivity index (χ3v) is 4.18. The summed E-state index contributed by atoms with van der Waals surface area (Å²) in [4.78, 5) is 12.9. The molecule has 2 aromatic rings. The van der Waals surface area contributed by atoms with Gasteiger partial charge in [0.15, 0.2) is 0 Å². The van der Waals surface area contributed by atoms with Crippen molar-refractivity contribution in [3.63, 3.8) is 0 Å². The van der Waals surface area contributed by atoms with Crippen molar-refractivity contribution in [3.8, 4) is 0 Å². The highest BCUT2D eigenvalue weighted by Gasteiger charge is 2.06. The number of nitrogens with two attached hydrogens (primary N) is 1.